The molecule has 102 valence electrons. The summed E-state index contributed by atoms with van der Waals surface area (Å²) < 4.78 is 5.99. The molecule has 0 atom stereocenters. The van der Waals surface area contributed by atoms with Crippen molar-refractivity contribution >= 4 is 22.1 Å². The van der Waals surface area contributed by atoms with Crippen molar-refractivity contribution < 1.29 is 4.42 Å². The summed E-state index contributed by atoms with van der Waals surface area (Å²) in [5, 5.41) is 1.04. The van der Waals surface area contributed by atoms with Gasteiger partial charge in [0.1, 0.15) is 11.1 Å². The predicted octanol–water partition coefficient (Wildman–Crippen LogP) is 4.61. The van der Waals surface area contributed by atoms with Crippen LogP contribution in [0.3, 0.4) is 0 Å². The van der Waals surface area contributed by atoms with Gasteiger partial charge in [0.25, 0.3) is 0 Å². The van der Waals surface area contributed by atoms with Crippen LogP contribution in [0.2, 0.25) is 0 Å². The minimum Gasteiger partial charge on any atom is -0.454 e. The molecular weight excluding hydrogens is 260 g/mol. The lowest BCUT2D eigenvalue weighted by Crippen LogP contribution is -1.87. The molecule has 3 heterocycles. The summed E-state index contributed by atoms with van der Waals surface area (Å²) in [5.74, 6) is 0. The average Bonchev–Trinajstić information content (AvgIpc) is 2.94. The van der Waals surface area contributed by atoms with Crippen molar-refractivity contribution in [3.63, 3.8) is 0 Å². The third-order valence-electron chi connectivity index (χ3n) is 3.77. The van der Waals surface area contributed by atoms with Crippen molar-refractivity contribution in [1.29, 1.82) is 0 Å². The van der Waals surface area contributed by atoms with Crippen molar-refractivity contribution in [3.8, 4) is 11.3 Å². The van der Waals surface area contributed by atoms with Gasteiger partial charge in [-0.05, 0) is 36.2 Å². The van der Waals surface area contributed by atoms with E-state index in [1.165, 1.54) is 5.56 Å². The van der Waals surface area contributed by atoms with Crippen molar-refractivity contribution in [1.82, 2.24) is 9.97 Å². The number of aryl methyl sites for hydroxylation is 1. The molecule has 3 heteroatoms. The molecule has 0 radical (unpaired) electrons. The quantitative estimate of drug-likeness (QED) is 0.536. The van der Waals surface area contributed by atoms with Gasteiger partial charge in [-0.25, -0.2) is 0 Å². The summed E-state index contributed by atoms with van der Waals surface area (Å²) in [6, 6.07) is 14.1. The van der Waals surface area contributed by atoms with Crippen LogP contribution in [0.15, 0.2) is 59.3 Å². The molecule has 0 N–H and O–H groups in total. The van der Waals surface area contributed by atoms with Crippen LogP contribution < -0.4 is 0 Å². The largest absolute Gasteiger partial charge is 0.454 e. The van der Waals surface area contributed by atoms with Crippen LogP contribution in [-0.2, 0) is 6.42 Å². The minimum absolute atomic E-state index is 0.801. The molecule has 0 saturated heterocycles. The van der Waals surface area contributed by atoms with Crippen LogP contribution in [0.1, 0.15) is 12.5 Å². The Hall–Kier alpha value is -2.68. The molecule has 1 aromatic carbocycles. The molecule has 4 rings (SSSR count). The third-order valence-corrected chi connectivity index (χ3v) is 3.77. The summed E-state index contributed by atoms with van der Waals surface area (Å²) in [6.07, 6.45) is 4.73. The number of benzene rings is 1. The maximum atomic E-state index is 5.99. The van der Waals surface area contributed by atoms with Crippen LogP contribution in [0, 0.1) is 0 Å². The van der Waals surface area contributed by atoms with Gasteiger partial charge in [0.05, 0.1) is 5.69 Å². The Morgan fingerprint density at radius 2 is 1.90 bits per heavy atom. The zero-order valence-electron chi connectivity index (χ0n) is 11.7. The number of nitrogens with zero attached hydrogens (tertiary/aromatic N) is 2. The minimum atomic E-state index is 0.801. The molecule has 0 aliphatic rings. The van der Waals surface area contributed by atoms with E-state index in [4.69, 9.17) is 4.42 Å². The van der Waals surface area contributed by atoms with Crippen molar-refractivity contribution in [2.75, 3.05) is 0 Å². The number of furan rings is 1. The first-order chi connectivity index (χ1) is 10.4. The van der Waals surface area contributed by atoms with Crippen molar-refractivity contribution in [3.05, 3.63) is 60.4 Å². The predicted molar refractivity (Wildman–Crippen MR) is 84.1 cm³/mol. The van der Waals surface area contributed by atoms with E-state index < -0.39 is 0 Å². The Bertz CT molecular complexity index is 923. The molecule has 0 aliphatic carbocycles. The maximum Gasteiger partial charge on any atom is 0.163 e. The molecular formula is C18H14N2O. The van der Waals surface area contributed by atoms with E-state index in [1.807, 2.05) is 48.8 Å². The van der Waals surface area contributed by atoms with Crippen LogP contribution in [0.4, 0.5) is 0 Å². The van der Waals surface area contributed by atoms with E-state index in [2.05, 4.69) is 23.0 Å². The summed E-state index contributed by atoms with van der Waals surface area (Å²) in [5.41, 5.74) is 5.68. The Morgan fingerprint density at radius 1 is 1.00 bits per heavy atom. The van der Waals surface area contributed by atoms with Crippen molar-refractivity contribution in [2.24, 2.45) is 0 Å². The van der Waals surface area contributed by atoms with E-state index in [0.29, 0.717) is 0 Å². The van der Waals surface area contributed by atoms with Crippen LogP contribution >= 0.6 is 0 Å². The highest BCUT2D eigenvalue weighted by Gasteiger charge is 2.13. The number of pyridine rings is 2. The van der Waals surface area contributed by atoms with E-state index in [9.17, 15) is 0 Å². The molecule has 0 amide bonds. The zero-order valence-corrected chi connectivity index (χ0v) is 11.7. The van der Waals surface area contributed by atoms with E-state index >= 15 is 0 Å². The van der Waals surface area contributed by atoms with E-state index in [-0.39, 0.29) is 0 Å². The number of hydrogen-bond donors (Lipinski definition) is 0. The lowest BCUT2D eigenvalue weighted by Gasteiger charge is -2.02. The van der Waals surface area contributed by atoms with Gasteiger partial charge in [-0.15, -0.1) is 0 Å². The highest BCUT2D eigenvalue weighted by atomic mass is 16.3. The van der Waals surface area contributed by atoms with E-state index in [1.54, 1.807) is 0 Å². The number of hydrogen-bond acceptors (Lipinski definition) is 3. The van der Waals surface area contributed by atoms with Gasteiger partial charge in [-0.1, -0.05) is 25.1 Å². The molecule has 4 aromatic rings. The van der Waals surface area contributed by atoms with Crippen LogP contribution in [0.5, 0.6) is 0 Å². The van der Waals surface area contributed by atoms with Gasteiger partial charge in [-0.3, -0.25) is 9.97 Å². The second kappa shape index (κ2) is 4.70. The first-order valence-electron chi connectivity index (χ1n) is 7.08. The summed E-state index contributed by atoms with van der Waals surface area (Å²) >= 11 is 0. The SMILES string of the molecule is CCc1ccc(-c2ccnc3c2oc2ccccc23)nc1. The smallest absolute Gasteiger partial charge is 0.163 e. The second-order valence-electron chi connectivity index (χ2n) is 5.04. The van der Waals surface area contributed by atoms with Crippen molar-refractivity contribution in [2.45, 2.75) is 13.3 Å². The Labute approximate surface area is 122 Å². The normalized spacial score (nSPS) is 11.3. The molecule has 3 aromatic heterocycles. The maximum absolute atomic E-state index is 5.99. The number of fused-ring (bicyclic) bond motifs is 3. The van der Waals surface area contributed by atoms with Gasteiger partial charge >= 0.3 is 0 Å². The standard InChI is InChI=1S/C18H14N2O/c1-2-12-7-8-15(20-11-12)13-9-10-19-17-14-5-3-4-6-16(14)21-18(13)17/h3-11H,2H2,1H3. The molecule has 21 heavy (non-hydrogen) atoms. The summed E-state index contributed by atoms with van der Waals surface area (Å²) in [6.45, 7) is 2.13. The van der Waals surface area contributed by atoms with Crippen LogP contribution in [0.25, 0.3) is 33.3 Å². The summed E-state index contributed by atoms with van der Waals surface area (Å²) in [4.78, 5) is 9.02. The summed E-state index contributed by atoms with van der Waals surface area (Å²) in [7, 11) is 0. The molecule has 0 unspecified atom stereocenters. The first kappa shape index (κ1) is 12.1. The first-order valence-corrected chi connectivity index (χ1v) is 7.08. The molecule has 0 saturated carbocycles. The molecule has 3 nitrogen and oxygen atoms in total. The fourth-order valence-electron chi connectivity index (χ4n) is 2.60. The zero-order chi connectivity index (χ0) is 14.2. The monoisotopic (exact) mass is 274 g/mol. The van der Waals surface area contributed by atoms with Gasteiger partial charge < -0.3 is 4.42 Å². The fraction of sp³-hybridized carbons (Fsp3) is 0.111. The Kier molecular flexibility index (Phi) is 2.71. The highest BCUT2D eigenvalue weighted by molar-refractivity contribution is 6.06. The number of para-hydroxylation sites is 1. The third kappa shape index (κ3) is 1.89. The molecule has 0 aliphatic heterocycles. The Morgan fingerprint density at radius 3 is 2.71 bits per heavy atom. The van der Waals surface area contributed by atoms with Gasteiger partial charge in [0, 0.05) is 23.3 Å². The van der Waals surface area contributed by atoms with Gasteiger partial charge in [0.2, 0.25) is 0 Å². The molecule has 0 fully saturated rings. The Balaban J connectivity index is 1.99. The second-order valence-corrected chi connectivity index (χ2v) is 5.04. The number of rotatable bonds is 2. The fourth-order valence-corrected chi connectivity index (χ4v) is 2.60. The molecule has 0 spiro atoms. The average molecular weight is 274 g/mol. The highest BCUT2D eigenvalue weighted by Crippen LogP contribution is 2.33. The van der Waals surface area contributed by atoms with E-state index in [0.717, 1.165) is 39.7 Å². The van der Waals surface area contributed by atoms with Crippen LogP contribution in [-0.4, -0.2) is 9.97 Å². The molecule has 0 bridgehead atoms. The lowest BCUT2D eigenvalue weighted by molar-refractivity contribution is 0.669. The van der Waals surface area contributed by atoms with Gasteiger partial charge in [-0.2, -0.15) is 0 Å². The lowest BCUT2D eigenvalue weighted by atomic mass is 10.1. The number of aromatic nitrogens is 2. The topological polar surface area (TPSA) is 38.9 Å². The van der Waals surface area contributed by atoms with Gasteiger partial charge in [0.15, 0.2) is 5.58 Å².